The van der Waals surface area contributed by atoms with Crippen LogP contribution in [0.25, 0.3) is 0 Å². The zero-order valence-electron chi connectivity index (χ0n) is 7.57. The molecule has 1 unspecified atom stereocenters. The van der Waals surface area contributed by atoms with Crippen molar-refractivity contribution in [2.45, 2.75) is 19.0 Å². The number of rotatable bonds is 2. The first-order chi connectivity index (χ1) is 6.65. The number of hydrogen-bond acceptors (Lipinski definition) is 3. The lowest BCUT2D eigenvalue weighted by molar-refractivity contribution is -0.128. The number of amides is 1. The second kappa shape index (κ2) is 3.74. The molecular weight excluding hydrogens is 248 g/mol. The van der Waals surface area contributed by atoms with E-state index in [1.807, 2.05) is 12.1 Å². The molecule has 2 heterocycles. The van der Waals surface area contributed by atoms with Gasteiger partial charge in [-0.25, -0.2) is 0 Å². The average molecular weight is 259 g/mol. The number of furan rings is 1. The smallest absolute Gasteiger partial charge is 0.224 e. The monoisotopic (exact) mass is 258 g/mol. The van der Waals surface area contributed by atoms with Crippen molar-refractivity contribution in [1.29, 1.82) is 0 Å². The normalized spacial score (nSPS) is 22.0. The summed E-state index contributed by atoms with van der Waals surface area (Å²) in [4.78, 5) is 13.1. The maximum Gasteiger partial charge on any atom is 0.224 e. The lowest BCUT2D eigenvalue weighted by atomic mass is 10.3. The summed E-state index contributed by atoms with van der Waals surface area (Å²) in [6.07, 6.45) is 0.446. The van der Waals surface area contributed by atoms with Crippen LogP contribution in [-0.4, -0.2) is 23.4 Å². The van der Waals surface area contributed by atoms with E-state index >= 15 is 0 Å². The second-order valence-corrected chi connectivity index (χ2v) is 4.23. The van der Waals surface area contributed by atoms with Crippen molar-refractivity contribution in [2.75, 3.05) is 6.54 Å². The van der Waals surface area contributed by atoms with Gasteiger partial charge in [-0.1, -0.05) is 0 Å². The highest BCUT2D eigenvalue weighted by molar-refractivity contribution is 9.10. The third kappa shape index (κ3) is 1.99. The molecule has 1 amide bonds. The Bertz CT molecular complexity index is 350. The molecule has 1 aliphatic rings. The number of nitrogens with two attached hydrogens (primary N) is 1. The van der Waals surface area contributed by atoms with Gasteiger partial charge < -0.3 is 15.1 Å². The van der Waals surface area contributed by atoms with E-state index in [1.54, 1.807) is 4.90 Å². The summed E-state index contributed by atoms with van der Waals surface area (Å²) in [5.74, 6) is 0.879. The predicted molar refractivity (Wildman–Crippen MR) is 54.4 cm³/mol. The van der Waals surface area contributed by atoms with Crippen molar-refractivity contribution in [3.05, 3.63) is 22.6 Å². The van der Waals surface area contributed by atoms with Crippen molar-refractivity contribution >= 4 is 21.8 Å². The first-order valence-corrected chi connectivity index (χ1v) is 5.22. The van der Waals surface area contributed by atoms with E-state index in [0.717, 1.165) is 5.76 Å². The number of likely N-dealkylation sites (tertiary alicyclic amines) is 1. The Morgan fingerprint density at radius 3 is 2.93 bits per heavy atom. The Morgan fingerprint density at radius 1 is 1.64 bits per heavy atom. The molecule has 0 spiro atoms. The van der Waals surface area contributed by atoms with Gasteiger partial charge in [0, 0.05) is 19.0 Å². The molecule has 2 rings (SSSR count). The summed E-state index contributed by atoms with van der Waals surface area (Å²) < 4.78 is 5.99. The van der Waals surface area contributed by atoms with Crippen LogP contribution in [0.15, 0.2) is 21.2 Å². The fraction of sp³-hybridized carbons (Fsp3) is 0.444. The average Bonchev–Trinajstić information content (AvgIpc) is 2.61. The van der Waals surface area contributed by atoms with Crippen LogP contribution in [0.2, 0.25) is 0 Å². The van der Waals surface area contributed by atoms with Gasteiger partial charge in [0.2, 0.25) is 5.91 Å². The lowest BCUT2D eigenvalue weighted by Crippen LogP contribution is -2.27. The number of nitrogens with zero attached hydrogens (tertiary/aromatic N) is 1. The zero-order chi connectivity index (χ0) is 10.1. The van der Waals surface area contributed by atoms with Crippen LogP contribution in [-0.2, 0) is 11.3 Å². The van der Waals surface area contributed by atoms with Gasteiger partial charge in [-0.3, -0.25) is 4.79 Å². The molecule has 0 bridgehead atoms. The third-order valence-electron chi connectivity index (χ3n) is 2.22. The van der Waals surface area contributed by atoms with Crippen molar-refractivity contribution in [2.24, 2.45) is 5.73 Å². The van der Waals surface area contributed by atoms with Crippen LogP contribution in [0.4, 0.5) is 0 Å². The molecule has 1 fully saturated rings. The highest BCUT2D eigenvalue weighted by Crippen LogP contribution is 2.18. The number of halogens is 1. The van der Waals surface area contributed by atoms with E-state index < -0.39 is 0 Å². The van der Waals surface area contributed by atoms with Crippen LogP contribution < -0.4 is 5.73 Å². The first kappa shape index (κ1) is 9.73. The highest BCUT2D eigenvalue weighted by atomic mass is 79.9. The summed E-state index contributed by atoms with van der Waals surface area (Å²) >= 11 is 3.21. The van der Waals surface area contributed by atoms with Gasteiger partial charge in [0.25, 0.3) is 0 Å². The molecule has 76 valence electrons. The minimum Gasteiger partial charge on any atom is -0.452 e. The quantitative estimate of drug-likeness (QED) is 0.865. The molecular formula is C9H11BrN2O2. The predicted octanol–water partition coefficient (Wildman–Crippen LogP) is 1.10. The highest BCUT2D eigenvalue weighted by Gasteiger charge is 2.27. The molecule has 1 atom stereocenters. The zero-order valence-corrected chi connectivity index (χ0v) is 9.16. The summed E-state index contributed by atoms with van der Waals surface area (Å²) in [6, 6.07) is 3.64. The summed E-state index contributed by atoms with van der Waals surface area (Å²) in [7, 11) is 0. The van der Waals surface area contributed by atoms with Crippen LogP contribution in [0.5, 0.6) is 0 Å². The fourth-order valence-electron chi connectivity index (χ4n) is 1.58. The molecule has 1 aliphatic heterocycles. The molecule has 0 saturated carbocycles. The molecule has 1 aromatic rings. The molecule has 1 aromatic heterocycles. The minimum absolute atomic E-state index is 0.0269. The van der Waals surface area contributed by atoms with Crippen molar-refractivity contribution in [1.82, 2.24) is 4.90 Å². The standard InChI is InChI=1S/C9H11BrN2O2/c10-8-2-1-7(14-8)5-12-4-6(11)3-9(12)13/h1-2,6H,3-5,11H2. The number of carbonyl (C=O) groups is 1. The molecule has 14 heavy (non-hydrogen) atoms. The SMILES string of the molecule is NC1CC(=O)N(Cc2ccc(Br)o2)C1. The summed E-state index contributed by atoms with van der Waals surface area (Å²) in [6.45, 7) is 1.13. The van der Waals surface area contributed by atoms with Gasteiger partial charge >= 0.3 is 0 Å². The second-order valence-electron chi connectivity index (χ2n) is 3.44. The van der Waals surface area contributed by atoms with Gasteiger partial charge in [-0.2, -0.15) is 0 Å². The van der Waals surface area contributed by atoms with Gasteiger partial charge in [0.1, 0.15) is 5.76 Å². The Morgan fingerprint density at radius 2 is 2.43 bits per heavy atom. The first-order valence-electron chi connectivity index (χ1n) is 4.43. The van der Waals surface area contributed by atoms with Crippen LogP contribution in [0.3, 0.4) is 0 Å². The Hall–Kier alpha value is -0.810. The molecule has 4 nitrogen and oxygen atoms in total. The van der Waals surface area contributed by atoms with Gasteiger partial charge in [0.05, 0.1) is 6.54 Å². The minimum atomic E-state index is -0.0269. The van der Waals surface area contributed by atoms with Crippen LogP contribution in [0.1, 0.15) is 12.2 Å². The van der Waals surface area contributed by atoms with E-state index in [1.165, 1.54) is 0 Å². The molecule has 2 N–H and O–H groups in total. The van der Waals surface area contributed by atoms with E-state index in [-0.39, 0.29) is 11.9 Å². The van der Waals surface area contributed by atoms with Gasteiger partial charge in [-0.05, 0) is 28.1 Å². The maximum atomic E-state index is 11.4. The summed E-state index contributed by atoms with van der Waals surface area (Å²) in [5.41, 5.74) is 5.67. The fourth-order valence-corrected chi connectivity index (χ4v) is 1.92. The third-order valence-corrected chi connectivity index (χ3v) is 2.65. The number of carbonyl (C=O) groups excluding carboxylic acids is 1. The Kier molecular flexibility index (Phi) is 2.60. The van der Waals surface area contributed by atoms with Crippen molar-refractivity contribution in [3.63, 3.8) is 0 Å². The molecule has 0 aromatic carbocycles. The maximum absolute atomic E-state index is 11.4. The van der Waals surface area contributed by atoms with Gasteiger partial charge in [0.15, 0.2) is 4.67 Å². The van der Waals surface area contributed by atoms with E-state index in [0.29, 0.717) is 24.2 Å². The van der Waals surface area contributed by atoms with E-state index in [4.69, 9.17) is 10.2 Å². The largest absolute Gasteiger partial charge is 0.452 e. The summed E-state index contributed by atoms with van der Waals surface area (Å²) in [5, 5.41) is 0. The lowest BCUT2D eigenvalue weighted by Gasteiger charge is -2.13. The molecule has 5 heteroatoms. The van der Waals surface area contributed by atoms with E-state index in [9.17, 15) is 4.79 Å². The van der Waals surface area contributed by atoms with E-state index in [2.05, 4.69) is 15.9 Å². The molecule has 1 saturated heterocycles. The Labute approximate surface area is 90.2 Å². The van der Waals surface area contributed by atoms with Crippen LogP contribution in [0, 0.1) is 0 Å². The molecule has 0 aliphatic carbocycles. The van der Waals surface area contributed by atoms with Crippen LogP contribution >= 0.6 is 15.9 Å². The molecule has 0 radical (unpaired) electrons. The Balaban J connectivity index is 2.01. The van der Waals surface area contributed by atoms with Gasteiger partial charge in [-0.15, -0.1) is 0 Å². The number of hydrogen-bond donors (Lipinski definition) is 1. The topological polar surface area (TPSA) is 59.5 Å². The van der Waals surface area contributed by atoms with Crippen molar-refractivity contribution in [3.8, 4) is 0 Å². The van der Waals surface area contributed by atoms with Crippen molar-refractivity contribution < 1.29 is 9.21 Å².